The number of carbonyl (C=O) groups excluding carboxylic acids is 2. The first kappa shape index (κ1) is 20.9. The van der Waals surface area contributed by atoms with Gasteiger partial charge in [-0.05, 0) is 42.0 Å². The Morgan fingerprint density at radius 3 is 2.13 bits per heavy atom. The second kappa shape index (κ2) is 8.03. The molecule has 0 bridgehead atoms. The molecule has 0 aromatic heterocycles. The standard InChI is InChI=1S/C23H13BrF3NO3/c24-14-5-1-13(2-6-14)21(29)19-20(12-3-7-15(25)8-4-12)28(23(31)22(19)30)16-9-10-17(26)18(27)11-16/h1-11,20,29H/b21-19+. The molecule has 1 amide bonds. The molecule has 1 aliphatic heterocycles. The third-order valence-corrected chi connectivity index (χ3v) is 5.46. The van der Waals surface area contributed by atoms with Crippen LogP contribution in [0.5, 0.6) is 0 Å². The van der Waals surface area contributed by atoms with Gasteiger partial charge >= 0.3 is 0 Å². The van der Waals surface area contributed by atoms with E-state index in [9.17, 15) is 27.9 Å². The van der Waals surface area contributed by atoms with E-state index in [-0.39, 0.29) is 16.8 Å². The molecular formula is C23H13BrF3NO3. The monoisotopic (exact) mass is 487 g/mol. The van der Waals surface area contributed by atoms with E-state index in [1.807, 2.05) is 0 Å². The molecule has 3 aromatic carbocycles. The van der Waals surface area contributed by atoms with E-state index in [2.05, 4.69) is 15.9 Å². The molecule has 1 N–H and O–H groups in total. The number of amides is 1. The highest BCUT2D eigenvalue weighted by Crippen LogP contribution is 2.42. The van der Waals surface area contributed by atoms with Gasteiger partial charge in [-0.2, -0.15) is 0 Å². The highest BCUT2D eigenvalue weighted by atomic mass is 79.9. The molecule has 0 spiro atoms. The highest BCUT2D eigenvalue weighted by molar-refractivity contribution is 9.10. The minimum Gasteiger partial charge on any atom is -0.507 e. The number of benzene rings is 3. The van der Waals surface area contributed by atoms with Gasteiger partial charge in [0.25, 0.3) is 11.7 Å². The minimum atomic E-state index is -1.20. The van der Waals surface area contributed by atoms with Crippen molar-refractivity contribution in [2.24, 2.45) is 0 Å². The van der Waals surface area contributed by atoms with E-state index in [1.165, 1.54) is 12.1 Å². The summed E-state index contributed by atoms with van der Waals surface area (Å²) in [5, 5.41) is 10.9. The van der Waals surface area contributed by atoms with E-state index in [0.29, 0.717) is 5.56 Å². The largest absolute Gasteiger partial charge is 0.507 e. The third kappa shape index (κ3) is 3.74. The zero-order valence-electron chi connectivity index (χ0n) is 15.7. The second-order valence-corrected chi connectivity index (χ2v) is 7.74. The zero-order valence-corrected chi connectivity index (χ0v) is 17.2. The molecule has 0 aliphatic carbocycles. The topological polar surface area (TPSA) is 57.6 Å². The fourth-order valence-electron chi connectivity index (χ4n) is 3.46. The molecule has 1 saturated heterocycles. The molecule has 4 nitrogen and oxygen atoms in total. The fraction of sp³-hybridized carbons (Fsp3) is 0.0435. The van der Waals surface area contributed by atoms with Gasteiger partial charge < -0.3 is 5.11 Å². The van der Waals surface area contributed by atoms with E-state index in [0.717, 1.165) is 39.7 Å². The molecule has 1 fully saturated rings. The van der Waals surface area contributed by atoms with Crippen LogP contribution in [-0.4, -0.2) is 16.8 Å². The van der Waals surface area contributed by atoms with Crippen LogP contribution < -0.4 is 4.90 Å². The Hall–Kier alpha value is -3.39. The maximum absolute atomic E-state index is 13.9. The van der Waals surface area contributed by atoms with Gasteiger partial charge in [0.2, 0.25) is 0 Å². The number of Topliss-reactive ketones (excluding diaryl/α,β-unsaturated/α-hetero) is 1. The van der Waals surface area contributed by atoms with Crippen molar-refractivity contribution in [1.29, 1.82) is 0 Å². The summed E-state index contributed by atoms with van der Waals surface area (Å²) < 4.78 is 41.6. The van der Waals surface area contributed by atoms with E-state index in [1.54, 1.807) is 24.3 Å². The minimum absolute atomic E-state index is 0.0785. The molecule has 1 unspecified atom stereocenters. The van der Waals surface area contributed by atoms with Crippen molar-refractivity contribution in [2.75, 3.05) is 4.90 Å². The molecule has 1 aliphatic rings. The molecule has 3 aromatic rings. The van der Waals surface area contributed by atoms with Crippen LogP contribution in [0.15, 0.2) is 76.8 Å². The van der Waals surface area contributed by atoms with Crippen LogP contribution in [0.2, 0.25) is 0 Å². The van der Waals surface area contributed by atoms with E-state index < -0.39 is 40.9 Å². The van der Waals surface area contributed by atoms with Gasteiger partial charge in [0.05, 0.1) is 11.6 Å². The maximum Gasteiger partial charge on any atom is 0.300 e. The second-order valence-electron chi connectivity index (χ2n) is 6.83. The Morgan fingerprint density at radius 1 is 0.871 bits per heavy atom. The fourth-order valence-corrected chi connectivity index (χ4v) is 3.72. The smallest absolute Gasteiger partial charge is 0.300 e. The normalized spacial score (nSPS) is 17.9. The first-order chi connectivity index (χ1) is 14.8. The lowest BCUT2D eigenvalue weighted by atomic mass is 9.95. The number of rotatable bonds is 3. The predicted molar refractivity (Wildman–Crippen MR) is 112 cm³/mol. The van der Waals surface area contributed by atoms with E-state index >= 15 is 0 Å². The highest BCUT2D eigenvalue weighted by Gasteiger charge is 2.47. The number of aliphatic hydroxyl groups excluding tert-OH is 1. The van der Waals surface area contributed by atoms with Crippen molar-refractivity contribution in [3.8, 4) is 0 Å². The SMILES string of the molecule is O=C1C(=O)N(c2ccc(F)c(F)c2)C(c2ccc(F)cc2)/C1=C(\O)c1ccc(Br)cc1. The number of hydrogen-bond acceptors (Lipinski definition) is 3. The summed E-state index contributed by atoms with van der Waals surface area (Å²) in [7, 11) is 0. The van der Waals surface area contributed by atoms with Gasteiger partial charge in [0, 0.05) is 21.8 Å². The molecular weight excluding hydrogens is 475 g/mol. The molecule has 8 heteroatoms. The van der Waals surface area contributed by atoms with Crippen LogP contribution in [0.4, 0.5) is 18.9 Å². The molecule has 4 rings (SSSR count). The number of carbonyl (C=O) groups is 2. The number of halogens is 4. The molecule has 156 valence electrons. The van der Waals surface area contributed by atoms with Crippen LogP contribution in [0, 0.1) is 17.5 Å². The zero-order chi connectivity index (χ0) is 22.3. The average Bonchev–Trinajstić information content (AvgIpc) is 3.01. The van der Waals surface area contributed by atoms with Crippen molar-refractivity contribution in [3.05, 3.63) is 105 Å². The van der Waals surface area contributed by atoms with Crippen LogP contribution >= 0.6 is 15.9 Å². The summed E-state index contributed by atoms with van der Waals surface area (Å²) in [6, 6.07) is 13.0. The first-order valence-corrected chi connectivity index (χ1v) is 9.84. The number of aliphatic hydroxyl groups is 1. The summed E-state index contributed by atoms with van der Waals surface area (Å²) in [5.74, 6) is -5.33. The van der Waals surface area contributed by atoms with E-state index in [4.69, 9.17) is 0 Å². The molecule has 0 saturated carbocycles. The van der Waals surface area contributed by atoms with Gasteiger partial charge in [-0.1, -0.05) is 40.2 Å². The van der Waals surface area contributed by atoms with Crippen LogP contribution in [0.25, 0.3) is 5.76 Å². The number of nitrogens with zero attached hydrogens (tertiary/aromatic N) is 1. The van der Waals surface area contributed by atoms with Crippen molar-refractivity contribution in [1.82, 2.24) is 0 Å². The summed E-state index contributed by atoms with van der Waals surface area (Å²) in [4.78, 5) is 26.8. The molecule has 0 radical (unpaired) electrons. The van der Waals surface area contributed by atoms with Crippen LogP contribution in [-0.2, 0) is 9.59 Å². The summed E-state index contributed by atoms with van der Waals surface area (Å²) in [5.41, 5.74) is 0.261. The first-order valence-electron chi connectivity index (χ1n) is 9.05. The van der Waals surface area contributed by atoms with Crippen molar-refractivity contribution in [2.45, 2.75) is 6.04 Å². The number of ketones is 1. The Labute approximate surface area is 183 Å². The summed E-state index contributed by atoms with van der Waals surface area (Å²) in [6.07, 6.45) is 0. The van der Waals surface area contributed by atoms with Gasteiger partial charge in [0.1, 0.15) is 11.6 Å². The summed E-state index contributed by atoms with van der Waals surface area (Å²) >= 11 is 3.28. The lowest BCUT2D eigenvalue weighted by Gasteiger charge is -2.25. The Balaban J connectivity index is 1.95. The number of anilines is 1. The predicted octanol–water partition coefficient (Wildman–Crippen LogP) is 5.49. The van der Waals surface area contributed by atoms with Crippen LogP contribution in [0.1, 0.15) is 17.2 Å². The average molecular weight is 488 g/mol. The summed E-state index contributed by atoms with van der Waals surface area (Å²) in [6.45, 7) is 0. The van der Waals surface area contributed by atoms with Crippen molar-refractivity contribution >= 4 is 39.1 Å². The van der Waals surface area contributed by atoms with Crippen molar-refractivity contribution in [3.63, 3.8) is 0 Å². The van der Waals surface area contributed by atoms with Crippen molar-refractivity contribution < 1.29 is 27.9 Å². The van der Waals surface area contributed by atoms with Gasteiger partial charge in [-0.15, -0.1) is 0 Å². The molecule has 1 atom stereocenters. The van der Waals surface area contributed by atoms with Gasteiger partial charge in [-0.3, -0.25) is 14.5 Å². The van der Waals surface area contributed by atoms with Gasteiger partial charge in [0.15, 0.2) is 11.6 Å². The maximum atomic E-state index is 13.9. The molecule has 1 heterocycles. The lowest BCUT2D eigenvalue weighted by Crippen LogP contribution is -2.29. The Kier molecular flexibility index (Phi) is 5.41. The molecule has 31 heavy (non-hydrogen) atoms. The lowest BCUT2D eigenvalue weighted by molar-refractivity contribution is -0.132. The third-order valence-electron chi connectivity index (χ3n) is 4.93. The Morgan fingerprint density at radius 2 is 1.52 bits per heavy atom. The Bertz CT molecular complexity index is 1220. The van der Waals surface area contributed by atoms with Crippen LogP contribution in [0.3, 0.4) is 0 Å². The van der Waals surface area contributed by atoms with Gasteiger partial charge in [-0.25, -0.2) is 13.2 Å². The quantitative estimate of drug-likeness (QED) is 0.301. The number of hydrogen-bond donors (Lipinski definition) is 1.